The third-order valence-electron chi connectivity index (χ3n) is 2.99. The summed E-state index contributed by atoms with van der Waals surface area (Å²) in [5.74, 6) is -0.257. The fourth-order valence-corrected chi connectivity index (χ4v) is 2.46. The Morgan fingerprint density at radius 3 is 2.40 bits per heavy atom. The van der Waals surface area contributed by atoms with Crippen LogP contribution in [0.3, 0.4) is 0 Å². The van der Waals surface area contributed by atoms with Gasteiger partial charge in [0.05, 0.1) is 0 Å². The molecule has 2 rings (SSSR count). The zero-order chi connectivity index (χ0) is 14.4. The molecule has 2 aromatic carbocycles. The smallest absolute Gasteiger partial charge is 0.217 e. The fraction of sp³-hybridized carbons (Fsp3) is 0.188. The molecule has 4 heteroatoms. The molecule has 2 aromatic rings. The van der Waals surface area contributed by atoms with E-state index < -0.39 is 0 Å². The molecule has 0 saturated carbocycles. The molecule has 0 aliphatic carbocycles. The van der Waals surface area contributed by atoms with E-state index in [0.717, 1.165) is 28.8 Å². The number of nitrogens with two attached hydrogens (primary N) is 1. The normalized spacial score (nSPS) is 10.2. The maximum Gasteiger partial charge on any atom is 0.217 e. The fourth-order valence-electron chi connectivity index (χ4n) is 2.07. The summed E-state index contributed by atoms with van der Waals surface area (Å²) in [6.07, 6.45) is 1.13. The number of anilines is 2. The molecule has 0 radical (unpaired) electrons. The summed E-state index contributed by atoms with van der Waals surface area (Å²) in [5, 5.41) is 0. The van der Waals surface area contributed by atoms with E-state index in [0.29, 0.717) is 6.42 Å². The van der Waals surface area contributed by atoms with Gasteiger partial charge in [0.1, 0.15) is 0 Å². The van der Waals surface area contributed by atoms with Gasteiger partial charge in [0.2, 0.25) is 5.91 Å². The number of nitrogens with zero attached hydrogens (tertiary/aromatic N) is 1. The molecule has 0 unspecified atom stereocenters. The van der Waals surface area contributed by atoms with Crippen molar-refractivity contribution in [2.75, 3.05) is 11.4 Å². The predicted octanol–water partition coefficient (Wildman–Crippen LogP) is 3.85. The monoisotopic (exact) mass is 332 g/mol. The average Bonchev–Trinajstić information content (AvgIpc) is 2.44. The number of halogens is 1. The topological polar surface area (TPSA) is 46.3 Å². The Labute approximate surface area is 127 Å². The van der Waals surface area contributed by atoms with Crippen molar-refractivity contribution in [2.45, 2.75) is 12.8 Å². The van der Waals surface area contributed by atoms with Crippen LogP contribution in [0.5, 0.6) is 0 Å². The van der Waals surface area contributed by atoms with E-state index in [1.165, 1.54) is 0 Å². The van der Waals surface area contributed by atoms with Gasteiger partial charge in [-0.25, -0.2) is 0 Å². The highest BCUT2D eigenvalue weighted by Crippen LogP contribution is 2.27. The van der Waals surface area contributed by atoms with Crippen molar-refractivity contribution < 1.29 is 4.79 Å². The number of hydrogen-bond acceptors (Lipinski definition) is 2. The summed E-state index contributed by atoms with van der Waals surface area (Å²) in [5.41, 5.74) is 7.41. The molecule has 0 atom stereocenters. The van der Waals surface area contributed by atoms with E-state index in [9.17, 15) is 4.79 Å². The third-order valence-corrected chi connectivity index (χ3v) is 3.49. The number of carbonyl (C=O) groups is 1. The predicted molar refractivity (Wildman–Crippen MR) is 86.0 cm³/mol. The number of benzene rings is 2. The van der Waals surface area contributed by atoms with Crippen LogP contribution in [0.15, 0.2) is 59.1 Å². The number of amides is 1. The van der Waals surface area contributed by atoms with Crippen molar-refractivity contribution in [1.82, 2.24) is 0 Å². The Kier molecular flexibility index (Phi) is 5.18. The maximum atomic E-state index is 10.9. The highest BCUT2D eigenvalue weighted by molar-refractivity contribution is 9.10. The minimum atomic E-state index is -0.257. The SMILES string of the molecule is NC(=O)CCCN(c1ccccc1)c1cccc(Br)c1. The molecular formula is C16H17BrN2O. The quantitative estimate of drug-likeness (QED) is 0.873. The van der Waals surface area contributed by atoms with Gasteiger partial charge in [-0.3, -0.25) is 4.79 Å². The standard InChI is InChI=1S/C16H17BrN2O/c17-13-6-4-9-15(12-13)19(11-5-10-16(18)20)14-7-2-1-3-8-14/h1-4,6-9,12H,5,10-11H2,(H2,18,20). The van der Waals surface area contributed by atoms with Crippen molar-refractivity contribution in [1.29, 1.82) is 0 Å². The molecule has 0 saturated heterocycles. The van der Waals surface area contributed by atoms with Gasteiger partial charge in [-0.2, -0.15) is 0 Å². The van der Waals surface area contributed by atoms with Crippen LogP contribution in [0.25, 0.3) is 0 Å². The average molecular weight is 333 g/mol. The van der Waals surface area contributed by atoms with Crippen LogP contribution in [-0.4, -0.2) is 12.5 Å². The maximum absolute atomic E-state index is 10.9. The molecule has 0 aliphatic heterocycles. The van der Waals surface area contributed by atoms with E-state index in [2.05, 4.69) is 45.1 Å². The van der Waals surface area contributed by atoms with Crippen molar-refractivity contribution in [3.8, 4) is 0 Å². The molecule has 20 heavy (non-hydrogen) atoms. The Morgan fingerprint density at radius 2 is 1.75 bits per heavy atom. The summed E-state index contributed by atoms with van der Waals surface area (Å²) >= 11 is 3.49. The summed E-state index contributed by atoms with van der Waals surface area (Å²) in [4.78, 5) is 13.1. The van der Waals surface area contributed by atoms with Crippen LogP contribution >= 0.6 is 15.9 Å². The highest BCUT2D eigenvalue weighted by atomic mass is 79.9. The Morgan fingerprint density at radius 1 is 1.05 bits per heavy atom. The minimum Gasteiger partial charge on any atom is -0.370 e. The van der Waals surface area contributed by atoms with Crippen molar-refractivity contribution in [3.05, 3.63) is 59.1 Å². The third kappa shape index (κ3) is 4.10. The van der Waals surface area contributed by atoms with Crippen molar-refractivity contribution in [2.24, 2.45) is 5.73 Å². The van der Waals surface area contributed by atoms with E-state index in [1.807, 2.05) is 30.3 Å². The molecule has 0 aromatic heterocycles. The Balaban J connectivity index is 2.22. The molecule has 0 fully saturated rings. The number of carbonyl (C=O) groups excluding carboxylic acids is 1. The first-order valence-corrected chi connectivity index (χ1v) is 7.32. The van der Waals surface area contributed by atoms with Crippen LogP contribution in [0, 0.1) is 0 Å². The number of primary amides is 1. The number of para-hydroxylation sites is 1. The second-order valence-electron chi connectivity index (χ2n) is 4.54. The molecule has 3 nitrogen and oxygen atoms in total. The molecule has 0 aliphatic rings. The van der Waals surface area contributed by atoms with Crippen LogP contribution in [0.1, 0.15) is 12.8 Å². The zero-order valence-electron chi connectivity index (χ0n) is 11.1. The molecular weight excluding hydrogens is 316 g/mol. The van der Waals surface area contributed by atoms with E-state index in [1.54, 1.807) is 0 Å². The van der Waals surface area contributed by atoms with Gasteiger partial charge in [0.15, 0.2) is 0 Å². The van der Waals surface area contributed by atoms with Crippen molar-refractivity contribution >= 4 is 33.2 Å². The minimum absolute atomic E-state index is 0.257. The van der Waals surface area contributed by atoms with Gasteiger partial charge >= 0.3 is 0 Å². The Hall–Kier alpha value is -1.81. The molecule has 0 heterocycles. The highest BCUT2D eigenvalue weighted by Gasteiger charge is 2.09. The van der Waals surface area contributed by atoms with Gasteiger partial charge in [-0.15, -0.1) is 0 Å². The lowest BCUT2D eigenvalue weighted by Crippen LogP contribution is -2.20. The second-order valence-corrected chi connectivity index (χ2v) is 5.45. The van der Waals surface area contributed by atoms with Crippen LogP contribution in [-0.2, 0) is 4.79 Å². The second kappa shape index (κ2) is 7.10. The lowest BCUT2D eigenvalue weighted by Gasteiger charge is -2.25. The Bertz CT molecular complexity index is 572. The summed E-state index contributed by atoms with van der Waals surface area (Å²) in [6.45, 7) is 0.753. The van der Waals surface area contributed by atoms with Crippen LogP contribution in [0.2, 0.25) is 0 Å². The van der Waals surface area contributed by atoms with Crippen LogP contribution < -0.4 is 10.6 Å². The van der Waals surface area contributed by atoms with E-state index in [-0.39, 0.29) is 5.91 Å². The first-order valence-electron chi connectivity index (χ1n) is 6.53. The van der Waals surface area contributed by atoms with Gasteiger partial charge in [-0.1, -0.05) is 40.2 Å². The van der Waals surface area contributed by atoms with Crippen LogP contribution in [0.4, 0.5) is 11.4 Å². The lowest BCUT2D eigenvalue weighted by atomic mass is 10.2. The van der Waals surface area contributed by atoms with Gasteiger partial charge in [-0.05, 0) is 36.8 Å². The summed E-state index contributed by atoms with van der Waals surface area (Å²) < 4.78 is 1.03. The van der Waals surface area contributed by atoms with E-state index >= 15 is 0 Å². The van der Waals surface area contributed by atoms with Crippen molar-refractivity contribution in [3.63, 3.8) is 0 Å². The first kappa shape index (κ1) is 14.6. The van der Waals surface area contributed by atoms with Gasteiger partial charge in [0, 0.05) is 28.8 Å². The molecule has 2 N–H and O–H groups in total. The zero-order valence-corrected chi connectivity index (χ0v) is 12.7. The first-order chi connectivity index (χ1) is 9.66. The van der Waals surface area contributed by atoms with E-state index in [4.69, 9.17) is 5.73 Å². The molecule has 0 bridgehead atoms. The number of hydrogen-bond donors (Lipinski definition) is 1. The molecule has 104 valence electrons. The van der Waals surface area contributed by atoms with Gasteiger partial charge in [0.25, 0.3) is 0 Å². The largest absolute Gasteiger partial charge is 0.370 e. The molecule has 0 spiro atoms. The molecule has 1 amide bonds. The lowest BCUT2D eigenvalue weighted by molar-refractivity contribution is -0.118. The number of rotatable bonds is 6. The van der Waals surface area contributed by atoms with Gasteiger partial charge < -0.3 is 10.6 Å². The summed E-state index contributed by atoms with van der Waals surface area (Å²) in [7, 11) is 0. The summed E-state index contributed by atoms with van der Waals surface area (Å²) in [6, 6.07) is 18.3.